The van der Waals surface area contributed by atoms with Gasteiger partial charge in [-0.05, 0) is 24.7 Å². The van der Waals surface area contributed by atoms with Crippen molar-refractivity contribution >= 4 is 28.7 Å². The number of H-pyrrole nitrogens is 1. The molecule has 1 aromatic carbocycles. The van der Waals surface area contributed by atoms with Crippen molar-refractivity contribution in [3.05, 3.63) is 39.3 Å². The third-order valence-corrected chi connectivity index (χ3v) is 3.50. The summed E-state index contributed by atoms with van der Waals surface area (Å²) in [6.45, 7) is 2.93. The first kappa shape index (κ1) is 11.3. The molecule has 16 heavy (non-hydrogen) atoms. The van der Waals surface area contributed by atoms with Crippen molar-refractivity contribution in [3.63, 3.8) is 0 Å². The van der Waals surface area contributed by atoms with E-state index in [2.05, 4.69) is 46.3 Å². The van der Waals surface area contributed by atoms with Gasteiger partial charge in [0.25, 0.3) is 0 Å². The molecule has 1 aromatic heterocycles. The van der Waals surface area contributed by atoms with Crippen molar-refractivity contribution in [3.8, 4) is 0 Å². The molecule has 0 saturated carbocycles. The maximum Gasteiger partial charge on any atom is 0.206 e. The van der Waals surface area contributed by atoms with Crippen molar-refractivity contribution in [2.45, 2.75) is 13.5 Å². The topological polar surface area (TPSA) is 31.9 Å². The van der Waals surface area contributed by atoms with E-state index < -0.39 is 0 Å². The maximum atomic E-state index is 5.01. The molecular weight excluding hydrogens is 238 g/mol. The van der Waals surface area contributed by atoms with Gasteiger partial charge in [-0.3, -0.25) is 5.10 Å². The molecule has 2 rings (SSSR count). The fourth-order valence-electron chi connectivity index (χ4n) is 1.42. The molecule has 0 saturated heterocycles. The van der Waals surface area contributed by atoms with Crippen LogP contribution in [0.4, 0.5) is 5.13 Å². The van der Waals surface area contributed by atoms with Gasteiger partial charge in [0.15, 0.2) is 3.95 Å². The zero-order valence-electron chi connectivity index (χ0n) is 9.23. The maximum absolute atomic E-state index is 5.01. The average molecular weight is 251 g/mol. The third kappa shape index (κ3) is 2.68. The van der Waals surface area contributed by atoms with E-state index >= 15 is 0 Å². The van der Waals surface area contributed by atoms with E-state index in [-0.39, 0.29) is 0 Å². The minimum atomic E-state index is 0.714. The fraction of sp³-hybridized carbons (Fsp3) is 0.273. The summed E-state index contributed by atoms with van der Waals surface area (Å²) in [4.78, 5) is 2.08. The summed E-state index contributed by atoms with van der Waals surface area (Å²) in [5.74, 6) is 0. The Balaban J connectivity index is 2.10. The van der Waals surface area contributed by atoms with Crippen LogP contribution in [-0.2, 0) is 6.54 Å². The van der Waals surface area contributed by atoms with Gasteiger partial charge in [-0.25, -0.2) is 0 Å². The minimum Gasteiger partial charge on any atom is -0.345 e. The Bertz CT molecular complexity index is 513. The molecule has 1 N–H and O–H groups in total. The summed E-state index contributed by atoms with van der Waals surface area (Å²) < 4.78 is 0.714. The molecular formula is C11H13N3S2. The van der Waals surface area contributed by atoms with E-state index in [0.29, 0.717) is 3.95 Å². The zero-order chi connectivity index (χ0) is 11.5. The monoisotopic (exact) mass is 251 g/mol. The molecule has 0 amide bonds. The second-order valence-electron chi connectivity index (χ2n) is 3.74. The number of nitrogens with one attached hydrogen (secondary N) is 1. The van der Waals surface area contributed by atoms with E-state index in [1.54, 1.807) is 0 Å². The molecule has 0 bridgehead atoms. The Morgan fingerprint density at radius 2 is 2.06 bits per heavy atom. The van der Waals surface area contributed by atoms with E-state index in [4.69, 9.17) is 12.2 Å². The van der Waals surface area contributed by atoms with Crippen LogP contribution < -0.4 is 4.90 Å². The SMILES string of the molecule is Cc1ccc(CN(C)c2n[nH]c(=S)s2)cc1. The summed E-state index contributed by atoms with van der Waals surface area (Å²) in [6.07, 6.45) is 0. The van der Waals surface area contributed by atoms with Gasteiger partial charge in [0.05, 0.1) is 0 Å². The van der Waals surface area contributed by atoms with Crippen LogP contribution in [0, 0.1) is 10.9 Å². The molecule has 2 aromatic rings. The van der Waals surface area contributed by atoms with Gasteiger partial charge in [0.1, 0.15) is 0 Å². The van der Waals surface area contributed by atoms with Gasteiger partial charge < -0.3 is 4.90 Å². The van der Waals surface area contributed by atoms with Crippen molar-refractivity contribution in [1.29, 1.82) is 0 Å². The average Bonchev–Trinajstić information content (AvgIpc) is 2.68. The van der Waals surface area contributed by atoms with Gasteiger partial charge in [-0.2, -0.15) is 0 Å². The molecule has 0 unspecified atom stereocenters. The Labute approximate surface area is 104 Å². The standard InChI is InChI=1S/C11H13N3S2/c1-8-3-5-9(6-4-8)7-14(2)10-12-13-11(15)16-10/h3-6H,7H2,1-2H3,(H,13,15). The predicted molar refractivity (Wildman–Crippen MR) is 70.6 cm³/mol. The molecule has 0 spiro atoms. The van der Waals surface area contributed by atoms with Crippen molar-refractivity contribution < 1.29 is 0 Å². The van der Waals surface area contributed by atoms with E-state index in [1.807, 2.05) is 7.05 Å². The summed E-state index contributed by atoms with van der Waals surface area (Å²) in [5, 5.41) is 7.85. The van der Waals surface area contributed by atoms with Crippen LogP contribution in [0.2, 0.25) is 0 Å². The van der Waals surface area contributed by atoms with Gasteiger partial charge in [0.2, 0.25) is 5.13 Å². The molecule has 0 aliphatic rings. The molecule has 0 fully saturated rings. The van der Waals surface area contributed by atoms with Gasteiger partial charge >= 0.3 is 0 Å². The van der Waals surface area contributed by atoms with Crippen LogP contribution in [0.1, 0.15) is 11.1 Å². The highest BCUT2D eigenvalue weighted by molar-refractivity contribution is 7.73. The number of hydrogen-bond donors (Lipinski definition) is 1. The fourth-order valence-corrected chi connectivity index (χ4v) is 2.26. The summed E-state index contributed by atoms with van der Waals surface area (Å²) in [5.41, 5.74) is 2.55. The van der Waals surface area contributed by atoms with Crippen LogP contribution >= 0.6 is 23.6 Å². The van der Waals surface area contributed by atoms with Crippen LogP contribution in [0.15, 0.2) is 24.3 Å². The Morgan fingerprint density at radius 1 is 1.38 bits per heavy atom. The largest absolute Gasteiger partial charge is 0.345 e. The number of aryl methyl sites for hydroxylation is 1. The molecule has 3 nitrogen and oxygen atoms in total. The van der Waals surface area contributed by atoms with Crippen molar-refractivity contribution in [2.24, 2.45) is 0 Å². The Kier molecular flexibility index (Phi) is 3.36. The van der Waals surface area contributed by atoms with Crippen LogP contribution in [0.25, 0.3) is 0 Å². The summed E-state index contributed by atoms with van der Waals surface area (Å²) >= 11 is 6.50. The predicted octanol–water partition coefficient (Wildman–Crippen LogP) is 3.15. The van der Waals surface area contributed by atoms with Crippen molar-refractivity contribution in [2.75, 3.05) is 11.9 Å². The highest BCUT2D eigenvalue weighted by Gasteiger charge is 2.05. The molecule has 0 aliphatic heterocycles. The third-order valence-electron chi connectivity index (χ3n) is 2.29. The first-order valence-electron chi connectivity index (χ1n) is 4.97. The van der Waals surface area contributed by atoms with Gasteiger partial charge in [-0.15, -0.1) is 5.10 Å². The van der Waals surface area contributed by atoms with Gasteiger partial charge in [0, 0.05) is 13.6 Å². The molecule has 0 aliphatic carbocycles. The van der Waals surface area contributed by atoms with Crippen LogP contribution in [-0.4, -0.2) is 17.2 Å². The molecule has 0 atom stereocenters. The highest BCUT2D eigenvalue weighted by Crippen LogP contribution is 2.18. The Morgan fingerprint density at radius 3 is 2.62 bits per heavy atom. The lowest BCUT2D eigenvalue weighted by Gasteiger charge is -2.14. The number of nitrogens with zero attached hydrogens (tertiary/aromatic N) is 2. The minimum absolute atomic E-state index is 0.714. The van der Waals surface area contributed by atoms with Crippen LogP contribution in [0.3, 0.4) is 0 Å². The lowest BCUT2D eigenvalue weighted by atomic mass is 10.1. The molecule has 5 heteroatoms. The molecule has 1 heterocycles. The lowest BCUT2D eigenvalue weighted by molar-refractivity contribution is 0.892. The first-order chi connectivity index (χ1) is 7.65. The second kappa shape index (κ2) is 4.76. The van der Waals surface area contributed by atoms with E-state index in [1.165, 1.54) is 22.5 Å². The lowest BCUT2D eigenvalue weighted by Crippen LogP contribution is -2.15. The molecule has 84 valence electrons. The number of anilines is 1. The normalized spacial score (nSPS) is 10.4. The van der Waals surface area contributed by atoms with Gasteiger partial charge in [-0.1, -0.05) is 41.2 Å². The number of aromatic amines is 1. The number of aromatic nitrogens is 2. The van der Waals surface area contributed by atoms with Crippen molar-refractivity contribution in [1.82, 2.24) is 10.2 Å². The number of rotatable bonds is 3. The van der Waals surface area contributed by atoms with Crippen LogP contribution in [0.5, 0.6) is 0 Å². The first-order valence-corrected chi connectivity index (χ1v) is 6.20. The molecule has 0 radical (unpaired) electrons. The van der Waals surface area contributed by atoms with E-state index in [9.17, 15) is 0 Å². The number of benzene rings is 1. The highest BCUT2D eigenvalue weighted by atomic mass is 32.1. The quantitative estimate of drug-likeness (QED) is 0.850. The summed E-state index contributed by atoms with van der Waals surface area (Å²) in [7, 11) is 2.02. The smallest absolute Gasteiger partial charge is 0.206 e. The Hall–Kier alpha value is -1.20. The number of hydrogen-bond acceptors (Lipinski definition) is 4. The summed E-state index contributed by atoms with van der Waals surface area (Å²) in [6, 6.07) is 8.51. The second-order valence-corrected chi connectivity index (χ2v) is 5.38. The zero-order valence-corrected chi connectivity index (χ0v) is 10.9. The van der Waals surface area contributed by atoms with E-state index in [0.717, 1.165) is 11.7 Å².